The Bertz CT molecular complexity index is 280. The lowest BCUT2D eigenvalue weighted by atomic mass is 10.3. The second-order valence-electron chi connectivity index (χ2n) is 3.51. The zero-order chi connectivity index (χ0) is 11.3. The maximum atomic E-state index is 5.78. The lowest BCUT2D eigenvalue weighted by molar-refractivity contribution is 0.0481. The minimum atomic E-state index is 0.101. The largest absolute Gasteiger partial charge is 0.475 e. The first-order valence-electron chi connectivity index (χ1n) is 5.43. The Kier molecular flexibility index (Phi) is 4.43. The summed E-state index contributed by atoms with van der Waals surface area (Å²) in [5, 5.41) is 0. The predicted octanol–water partition coefficient (Wildman–Crippen LogP) is 2.34. The van der Waals surface area contributed by atoms with Crippen molar-refractivity contribution in [1.82, 2.24) is 4.90 Å². The van der Waals surface area contributed by atoms with E-state index in [-0.39, 0.29) is 6.23 Å². The first-order valence-corrected chi connectivity index (χ1v) is 5.43. The SMILES string of the molecule is CCN(CC)C(C)Oc1ccc(N)cc1. The van der Waals surface area contributed by atoms with Gasteiger partial charge in [-0.2, -0.15) is 0 Å². The van der Waals surface area contributed by atoms with E-state index in [0.29, 0.717) is 0 Å². The monoisotopic (exact) mass is 208 g/mol. The summed E-state index contributed by atoms with van der Waals surface area (Å²) in [6.07, 6.45) is 0.101. The molecule has 0 aliphatic heterocycles. The lowest BCUT2D eigenvalue weighted by Gasteiger charge is -2.26. The Morgan fingerprint density at radius 1 is 1.20 bits per heavy atom. The average molecular weight is 208 g/mol. The van der Waals surface area contributed by atoms with Crippen molar-refractivity contribution in [3.05, 3.63) is 24.3 Å². The van der Waals surface area contributed by atoms with Gasteiger partial charge in [0.15, 0.2) is 0 Å². The molecule has 15 heavy (non-hydrogen) atoms. The molecule has 0 spiro atoms. The Hall–Kier alpha value is -1.22. The Balaban J connectivity index is 2.57. The number of nitrogens with zero attached hydrogens (tertiary/aromatic N) is 1. The fourth-order valence-electron chi connectivity index (χ4n) is 1.56. The summed E-state index contributed by atoms with van der Waals surface area (Å²) in [4.78, 5) is 2.25. The van der Waals surface area contributed by atoms with Crippen LogP contribution in [0.5, 0.6) is 5.75 Å². The first kappa shape index (κ1) is 11.9. The van der Waals surface area contributed by atoms with E-state index in [1.165, 1.54) is 0 Å². The Morgan fingerprint density at radius 2 is 1.73 bits per heavy atom. The van der Waals surface area contributed by atoms with Crippen LogP contribution in [0.1, 0.15) is 20.8 Å². The van der Waals surface area contributed by atoms with Gasteiger partial charge in [0.25, 0.3) is 0 Å². The topological polar surface area (TPSA) is 38.5 Å². The summed E-state index contributed by atoms with van der Waals surface area (Å²) in [7, 11) is 0. The molecule has 0 bridgehead atoms. The van der Waals surface area contributed by atoms with Gasteiger partial charge in [0.2, 0.25) is 0 Å². The third-order valence-corrected chi connectivity index (χ3v) is 2.51. The van der Waals surface area contributed by atoms with Gasteiger partial charge in [-0.05, 0) is 44.3 Å². The summed E-state index contributed by atoms with van der Waals surface area (Å²) in [5.74, 6) is 0.864. The average Bonchev–Trinajstić information content (AvgIpc) is 2.23. The standard InChI is InChI=1S/C12H20N2O/c1-4-14(5-2)10(3)15-12-8-6-11(13)7-9-12/h6-10H,4-5,13H2,1-3H3. The van der Waals surface area contributed by atoms with Crippen LogP contribution in [-0.2, 0) is 0 Å². The van der Waals surface area contributed by atoms with Crippen molar-refractivity contribution in [1.29, 1.82) is 0 Å². The van der Waals surface area contributed by atoms with Crippen molar-refractivity contribution >= 4 is 5.69 Å². The highest BCUT2D eigenvalue weighted by Gasteiger charge is 2.10. The molecule has 3 nitrogen and oxygen atoms in total. The smallest absolute Gasteiger partial charge is 0.149 e. The van der Waals surface area contributed by atoms with Crippen LogP contribution < -0.4 is 10.5 Å². The number of anilines is 1. The zero-order valence-corrected chi connectivity index (χ0v) is 9.73. The van der Waals surface area contributed by atoms with E-state index in [0.717, 1.165) is 24.5 Å². The molecular formula is C12H20N2O. The van der Waals surface area contributed by atoms with Gasteiger partial charge in [0.1, 0.15) is 12.0 Å². The third kappa shape index (κ3) is 3.44. The van der Waals surface area contributed by atoms with Crippen molar-refractivity contribution in [3.8, 4) is 5.75 Å². The summed E-state index contributed by atoms with van der Waals surface area (Å²) in [6.45, 7) is 8.31. The van der Waals surface area contributed by atoms with Crippen molar-refractivity contribution in [2.45, 2.75) is 27.0 Å². The molecule has 0 amide bonds. The maximum Gasteiger partial charge on any atom is 0.149 e. The minimum absolute atomic E-state index is 0.101. The van der Waals surface area contributed by atoms with Gasteiger partial charge in [-0.15, -0.1) is 0 Å². The molecule has 84 valence electrons. The van der Waals surface area contributed by atoms with Crippen LogP contribution in [0.15, 0.2) is 24.3 Å². The normalized spacial score (nSPS) is 12.8. The van der Waals surface area contributed by atoms with Gasteiger partial charge in [0.05, 0.1) is 0 Å². The van der Waals surface area contributed by atoms with Gasteiger partial charge >= 0.3 is 0 Å². The van der Waals surface area contributed by atoms with Gasteiger partial charge in [-0.1, -0.05) is 13.8 Å². The highest BCUT2D eigenvalue weighted by Crippen LogP contribution is 2.15. The maximum absolute atomic E-state index is 5.78. The fraction of sp³-hybridized carbons (Fsp3) is 0.500. The molecule has 1 aromatic carbocycles. The molecule has 0 fully saturated rings. The zero-order valence-electron chi connectivity index (χ0n) is 9.73. The van der Waals surface area contributed by atoms with Gasteiger partial charge < -0.3 is 10.5 Å². The van der Waals surface area contributed by atoms with Gasteiger partial charge in [0, 0.05) is 5.69 Å². The lowest BCUT2D eigenvalue weighted by Crippen LogP contribution is -2.36. The number of rotatable bonds is 5. The van der Waals surface area contributed by atoms with E-state index in [4.69, 9.17) is 10.5 Å². The van der Waals surface area contributed by atoms with E-state index in [9.17, 15) is 0 Å². The summed E-state index contributed by atoms with van der Waals surface area (Å²) < 4.78 is 5.78. The van der Waals surface area contributed by atoms with Crippen molar-refractivity contribution < 1.29 is 4.74 Å². The number of nitrogen functional groups attached to an aromatic ring is 1. The van der Waals surface area contributed by atoms with E-state index < -0.39 is 0 Å². The number of hydrogen-bond acceptors (Lipinski definition) is 3. The molecular weight excluding hydrogens is 188 g/mol. The van der Waals surface area contributed by atoms with Gasteiger partial charge in [-0.3, -0.25) is 4.90 Å². The van der Waals surface area contributed by atoms with Crippen LogP contribution in [0.2, 0.25) is 0 Å². The van der Waals surface area contributed by atoms with Crippen molar-refractivity contribution in [2.75, 3.05) is 18.8 Å². The molecule has 0 aliphatic carbocycles. The minimum Gasteiger partial charge on any atom is -0.475 e. The summed E-state index contributed by atoms with van der Waals surface area (Å²) in [6, 6.07) is 7.50. The molecule has 0 saturated carbocycles. The van der Waals surface area contributed by atoms with Crippen molar-refractivity contribution in [2.24, 2.45) is 0 Å². The first-order chi connectivity index (χ1) is 7.17. The molecule has 0 aliphatic rings. The molecule has 1 rings (SSSR count). The second kappa shape index (κ2) is 5.61. The van der Waals surface area contributed by atoms with E-state index in [2.05, 4.69) is 25.7 Å². The van der Waals surface area contributed by atoms with E-state index >= 15 is 0 Å². The number of hydrogen-bond donors (Lipinski definition) is 1. The second-order valence-corrected chi connectivity index (χ2v) is 3.51. The van der Waals surface area contributed by atoms with Crippen LogP contribution in [0.3, 0.4) is 0 Å². The highest BCUT2D eigenvalue weighted by atomic mass is 16.5. The molecule has 0 heterocycles. The van der Waals surface area contributed by atoms with Crippen molar-refractivity contribution in [3.63, 3.8) is 0 Å². The molecule has 0 aromatic heterocycles. The molecule has 0 radical (unpaired) electrons. The molecule has 1 atom stereocenters. The molecule has 1 aromatic rings. The van der Waals surface area contributed by atoms with E-state index in [1.54, 1.807) is 0 Å². The van der Waals surface area contributed by atoms with Crippen LogP contribution >= 0.6 is 0 Å². The molecule has 1 unspecified atom stereocenters. The number of benzene rings is 1. The number of nitrogens with two attached hydrogens (primary N) is 1. The highest BCUT2D eigenvalue weighted by molar-refractivity contribution is 5.41. The van der Waals surface area contributed by atoms with E-state index in [1.807, 2.05) is 24.3 Å². The van der Waals surface area contributed by atoms with Crippen LogP contribution in [0.25, 0.3) is 0 Å². The van der Waals surface area contributed by atoms with Gasteiger partial charge in [-0.25, -0.2) is 0 Å². The third-order valence-electron chi connectivity index (χ3n) is 2.51. The molecule has 2 N–H and O–H groups in total. The Labute approximate surface area is 91.8 Å². The Morgan fingerprint density at radius 3 is 2.20 bits per heavy atom. The predicted molar refractivity (Wildman–Crippen MR) is 63.9 cm³/mol. The summed E-state index contributed by atoms with van der Waals surface area (Å²) >= 11 is 0. The van der Waals surface area contributed by atoms with Crippen LogP contribution in [0.4, 0.5) is 5.69 Å². The number of ether oxygens (including phenoxy) is 1. The van der Waals surface area contributed by atoms with Crippen LogP contribution in [0, 0.1) is 0 Å². The molecule has 0 saturated heterocycles. The fourth-order valence-corrected chi connectivity index (χ4v) is 1.56. The molecule has 3 heteroatoms. The summed E-state index contributed by atoms with van der Waals surface area (Å²) in [5.41, 5.74) is 6.37. The quantitative estimate of drug-likeness (QED) is 0.596. The van der Waals surface area contributed by atoms with Crippen LogP contribution in [-0.4, -0.2) is 24.2 Å².